The van der Waals surface area contributed by atoms with Crippen molar-refractivity contribution in [3.8, 4) is 16.2 Å². The highest BCUT2D eigenvalue weighted by Crippen LogP contribution is 2.28. The number of nitrogens with zero attached hydrogens (tertiary/aromatic N) is 2. The largest absolute Gasteiger partial charge is 0.391 e. The van der Waals surface area contributed by atoms with Gasteiger partial charge >= 0.3 is 0 Å². The number of aliphatic hydroxyl groups is 1. The van der Waals surface area contributed by atoms with Crippen molar-refractivity contribution in [2.45, 2.75) is 52.3 Å². The smallest absolute Gasteiger partial charge is 0.275 e. The fourth-order valence-electron chi connectivity index (χ4n) is 3.65. The maximum Gasteiger partial charge on any atom is 0.275 e. The summed E-state index contributed by atoms with van der Waals surface area (Å²) in [7, 11) is 0. The number of hydroxylamine groups is 1. The number of nitrogens with one attached hydrogen (secondary N) is 2. The minimum atomic E-state index is -0.897. The lowest BCUT2D eigenvalue weighted by atomic mass is 10.0. The van der Waals surface area contributed by atoms with Crippen molar-refractivity contribution in [1.29, 1.82) is 0 Å². The maximum atomic E-state index is 13.0. The average Bonchev–Trinajstić information content (AvgIpc) is 3.35. The van der Waals surface area contributed by atoms with E-state index in [4.69, 9.17) is 4.84 Å². The molecule has 1 saturated heterocycles. The molecule has 1 fully saturated rings. The summed E-state index contributed by atoms with van der Waals surface area (Å²) in [6.07, 6.45) is -0.739. The highest BCUT2D eigenvalue weighted by Gasteiger charge is 2.42. The summed E-state index contributed by atoms with van der Waals surface area (Å²) in [5.41, 5.74) is 6.11. The Kier molecular flexibility index (Phi) is 7.47. The molecule has 3 rings (SSSR count). The molecule has 0 saturated carbocycles. The number of carbonyl (C=O) groups excluding carboxylic acids is 3. The third kappa shape index (κ3) is 5.43. The van der Waals surface area contributed by atoms with Crippen LogP contribution in [-0.2, 0) is 14.4 Å². The van der Waals surface area contributed by atoms with Gasteiger partial charge in [0.2, 0.25) is 11.8 Å². The molecule has 2 aromatic rings. The van der Waals surface area contributed by atoms with Gasteiger partial charge in [-0.1, -0.05) is 13.8 Å². The Balaban J connectivity index is 1.64. The van der Waals surface area contributed by atoms with E-state index in [0.717, 1.165) is 16.1 Å². The van der Waals surface area contributed by atoms with E-state index in [2.05, 4.69) is 15.8 Å². The molecule has 172 valence electrons. The number of thiazole rings is 1. The molecule has 9 nitrogen and oxygen atoms in total. The lowest BCUT2D eigenvalue weighted by molar-refractivity contribution is -0.144. The van der Waals surface area contributed by atoms with Gasteiger partial charge in [0.25, 0.3) is 5.91 Å². The monoisotopic (exact) mass is 460 g/mol. The van der Waals surface area contributed by atoms with Gasteiger partial charge < -0.3 is 20.2 Å². The number of likely N-dealkylation sites (tertiary alicyclic amines) is 1. The second kappa shape index (κ2) is 10.1. The van der Waals surface area contributed by atoms with E-state index in [0.29, 0.717) is 5.75 Å². The molecule has 1 aliphatic rings. The Hall–Kier alpha value is -2.98. The van der Waals surface area contributed by atoms with Gasteiger partial charge in [-0.3, -0.25) is 14.4 Å². The van der Waals surface area contributed by atoms with Crippen molar-refractivity contribution in [2.24, 2.45) is 5.92 Å². The topological polar surface area (TPSA) is 121 Å². The zero-order chi connectivity index (χ0) is 23.4. The molecule has 10 heteroatoms. The summed E-state index contributed by atoms with van der Waals surface area (Å²) in [6, 6.07) is 5.53. The standard InChI is InChI=1S/C22H28N4O5S/c1-12(2)19(24-14(4)27)22(30)26-10-16(28)9-18(26)21(29)25-31-17-7-5-15(6-8-17)20-13(3)23-11-32-20/h5-8,11-12,16,18-19,28H,9-10H2,1-4H3,(H,24,27)(H,25,29)/t16-,18+,19+/m1/s1. The molecule has 32 heavy (non-hydrogen) atoms. The van der Waals surface area contributed by atoms with Gasteiger partial charge in [0.1, 0.15) is 12.1 Å². The molecule has 0 unspecified atom stereocenters. The number of amides is 3. The molecule has 1 aromatic heterocycles. The molecule has 1 aromatic carbocycles. The van der Waals surface area contributed by atoms with Crippen LogP contribution in [0.3, 0.4) is 0 Å². The first-order valence-corrected chi connectivity index (χ1v) is 11.3. The maximum absolute atomic E-state index is 13.0. The summed E-state index contributed by atoms with van der Waals surface area (Å²) in [5.74, 6) is -1.03. The van der Waals surface area contributed by atoms with Crippen LogP contribution < -0.4 is 15.6 Å². The van der Waals surface area contributed by atoms with Crippen LogP contribution in [0.4, 0.5) is 0 Å². The first-order valence-electron chi connectivity index (χ1n) is 10.4. The molecule has 3 amide bonds. The SMILES string of the molecule is CC(=O)N[C@H](C(=O)N1C[C@H](O)C[C@H]1C(=O)NOc1ccc(-c2scnc2C)cc1)C(C)C. The molecule has 0 radical (unpaired) electrons. The molecule has 3 N–H and O–H groups in total. The lowest BCUT2D eigenvalue weighted by Crippen LogP contribution is -2.55. The minimum Gasteiger partial charge on any atom is -0.391 e. The predicted octanol–water partition coefficient (Wildman–Crippen LogP) is 1.65. The Morgan fingerprint density at radius 3 is 2.50 bits per heavy atom. The molecule has 0 aliphatic carbocycles. The Morgan fingerprint density at radius 1 is 1.25 bits per heavy atom. The first-order chi connectivity index (χ1) is 15.2. The van der Waals surface area contributed by atoms with Crippen LogP contribution >= 0.6 is 11.3 Å². The Labute approximate surface area is 190 Å². The van der Waals surface area contributed by atoms with Gasteiger partial charge in [-0.05, 0) is 42.7 Å². The highest BCUT2D eigenvalue weighted by atomic mass is 32.1. The van der Waals surface area contributed by atoms with Crippen molar-refractivity contribution in [2.75, 3.05) is 6.54 Å². The second-order valence-corrected chi connectivity index (χ2v) is 9.03. The zero-order valence-corrected chi connectivity index (χ0v) is 19.3. The molecule has 0 spiro atoms. The van der Waals surface area contributed by atoms with Crippen molar-refractivity contribution in [3.63, 3.8) is 0 Å². The fraction of sp³-hybridized carbons (Fsp3) is 0.455. The Bertz CT molecular complexity index is 975. The van der Waals surface area contributed by atoms with Crippen LogP contribution in [0, 0.1) is 12.8 Å². The summed E-state index contributed by atoms with van der Waals surface area (Å²) in [5, 5.41) is 12.7. The number of carbonyl (C=O) groups is 3. The zero-order valence-electron chi connectivity index (χ0n) is 18.5. The van der Waals surface area contributed by atoms with Crippen LogP contribution in [0.15, 0.2) is 29.8 Å². The number of aromatic nitrogens is 1. The van der Waals surface area contributed by atoms with Gasteiger partial charge in [0.15, 0.2) is 5.75 Å². The summed E-state index contributed by atoms with van der Waals surface area (Å²) in [4.78, 5) is 49.3. The predicted molar refractivity (Wildman–Crippen MR) is 120 cm³/mol. The van der Waals surface area contributed by atoms with Gasteiger partial charge in [-0.15, -0.1) is 11.3 Å². The van der Waals surface area contributed by atoms with E-state index < -0.39 is 30.0 Å². The van der Waals surface area contributed by atoms with E-state index in [1.807, 2.05) is 19.1 Å². The van der Waals surface area contributed by atoms with Crippen LogP contribution in [-0.4, -0.2) is 57.4 Å². The number of aliphatic hydroxyl groups excluding tert-OH is 1. The Morgan fingerprint density at radius 2 is 1.94 bits per heavy atom. The molecular formula is C22H28N4O5S. The molecule has 2 heterocycles. The number of hydrogen-bond acceptors (Lipinski definition) is 7. The van der Waals surface area contributed by atoms with Crippen LogP contribution in [0.5, 0.6) is 5.75 Å². The second-order valence-electron chi connectivity index (χ2n) is 8.18. The van der Waals surface area contributed by atoms with E-state index in [9.17, 15) is 19.5 Å². The lowest BCUT2D eigenvalue weighted by Gasteiger charge is -2.29. The van der Waals surface area contributed by atoms with Crippen LogP contribution in [0.25, 0.3) is 10.4 Å². The van der Waals surface area contributed by atoms with E-state index in [1.54, 1.807) is 42.8 Å². The summed E-state index contributed by atoms with van der Waals surface area (Å²) < 4.78 is 0. The van der Waals surface area contributed by atoms with Gasteiger partial charge in [0, 0.05) is 19.9 Å². The van der Waals surface area contributed by atoms with Crippen molar-refractivity contribution >= 4 is 29.1 Å². The highest BCUT2D eigenvalue weighted by molar-refractivity contribution is 7.13. The normalized spacial score (nSPS) is 19.0. The molecule has 1 aliphatic heterocycles. The van der Waals surface area contributed by atoms with Gasteiger partial charge in [-0.25, -0.2) is 4.98 Å². The number of rotatable bonds is 7. The van der Waals surface area contributed by atoms with Crippen molar-refractivity contribution < 1.29 is 24.3 Å². The van der Waals surface area contributed by atoms with Crippen LogP contribution in [0.2, 0.25) is 0 Å². The van der Waals surface area contributed by atoms with E-state index in [1.165, 1.54) is 11.8 Å². The molecular weight excluding hydrogens is 432 g/mol. The quantitative estimate of drug-likeness (QED) is 0.541. The summed E-state index contributed by atoms with van der Waals surface area (Å²) in [6.45, 7) is 6.90. The minimum absolute atomic E-state index is 0.0165. The first kappa shape index (κ1) is 23.7. The number of β-amino-alcohol motifs (C(OH)–C–C–N with tert-alkyl or cyclic N) is 1. The van der Waals surface area contributed by atoms with Crippen LogP contribution in [0.1, 0.15) is 32.9 Å². The third-order valence-corrected chi connectivity index (χ3v) is 6.27. The van der Waals surface area contributed by atoms with Gasteiger partial charge in [-0.2, -0.15) is 5.48 Å². The van der Waals surface area contributed by atoms with Gasteiger partial charge in [0.05, 0.1) is 22.2 Å². The number of hydrogen-bond donors (Lipinski definition) is 3. The van der Waals surface area contributed by atoms with E-state index >= 15 is 0 Å². The van der Waals surface area contributed by atoms with Crippen molar-refractivity contribution in [1.82, 2.24) is 20.7 Å². The van der Waals surface area contributed by atoms with Crippen molar-refractivity contribution in [3.05, 3.63) is 35.5 Å². The third-order valence-electron chi connectivity index (χ3n) is 5.29. The fourth-order valence-corrected chi connectivity index (χ4v) is 4.46. The molecule has 0 bridgehead atoms. The van der Waals surface area contributed by atoms with E-state index in [-0.39, 0.29) is 24.8 Å². The molecule has 3 atom stereocenters. The number of benzene rings is 1. The summed E-state index contributed by atoms with van der Waals surface area (Å²) >= 11 is 1.55. The number of aryl methyl sites for hydroxylation is 1. The average molecular weight is 461 g/mol.